The Hall–Kier alpha value is -1.83. The number of nitrogens with two attached hydrogens (primary N) is 1. The third-order valence-electron chi connectivity index (χ3n) is 4.08. The minimum atomic E-state index is -0.411. The quantitative estimate of drug-likeness (QED) is 0.840. The SMILES string of the molecule is Fc1ccc(F)cc1.N[C@@H]1COCC(N2Cc3cn[nH]c3C2)C1. The highest BCUT2D eigenvalue weighted by molar-refractivity contribution is 5.20. The monoisotopic (exact) mass is 322 g/mol. The molecule has 23 heavy (non-hydrogen) atoms. The van der Waals surface area contributed by atoms with E-state index in [1.54, 1.807) is 0 Å². The predicted molar refractivity (Wildman–Crippen MR) is 81.4 cm³/mol. The molecule has 3 heterocycles. The van der Waals surface area contributed by atoms with Gasteiger partial charge in [0.15, 0.2) is 0 Å². The van der Waals surface area contributed by atoms with Crippen LogP contribution in [-0.4, -0.2) is 40.4 Å². The third-order valence-corrected chi connectivity index (χ3v) is 4.08. The van der Waals surface area contributed by atoms with Crippen LogP contribution in [0, 0.1) is 11.6 Å². The van der Waals surface area contributed by atoms with E-state index in [0.29, 0.717) is 12.6 Å². The first kappa shape index (κ1) is 16.0. The summed E-state index contributed by atoms with van der Waals surface area (Å²) in [5.74, 6) is -0.821. The van der Waals surface area contributed by atoms with Crippen LogP contribution < -0.4 is 5.73 Å². The van der Waals surface area contributed by atoms with Crippen LogP contribution in [0.25, 0.3) is 0 Å². The molecule has 7 heteroatoms. The van der Waals surface area contributed by atoms with E-state index in [2.05, 4.69) is 15.1 Å². The number of H-pyrrole nitrogens is 1. The number of hydrogen-bond donors (Lipinski definition) is 2. The standard InChI is InChI=1S/C10H16N4O.C6H4F2/c11-8-1-9(6-15-5-8)14-3-7-2-12-13-10(7)4-14;7-5-1-2-6(8)4-3-5/h2,8-9H,1,3-6,11H2,(H,12,13);1-4H/t8-,9?;/m0./s1. The van der Waals surface area contributed by atoms with E-state index in [9.17, 15) is 8.78 Å². The zero-order valence-electron chi connectivity index (χ0n) is 12.7. The van der Waals surface area contributed by atoms with E-state index in [1.807, 2.05) is 6.20 Å². The van der Waals surface area contributed by atoms with Gasteiger partial charge in [-0.3, -0.25) is 10.00 Å². The van der Waals surface area contributed by atoms with Gasteiger partial charge in [-0.2, -0.15) is 5.10 Å². The summed E-state index contributed by atoms with van der Waals surface area (Å²) in [6.07, 6.45) is 2.96. The minimum Gasteiger partial charge on any atom is -0.378 e. The molecule has 1 unspecified atom stereocenters. The molecule has 124 valence electrons. The van der Waals surface area contributed by atoms with Crippen molar-refractivity contribution in [3.05, 3.63) is 53.4 Å². The van der Waals surface area contributed by atoms with Crippen molar-refractivity contribution in [2.45, 2.75) is 31.6 Å². The van der Waals surface area contributed by atoms with Crippen molar-refractivity contribution < 1.29 is 13.5 Å². The maximum atomic E-state index is 11.9. The zero-order chi connectivity index (χ0) is 16.2. The average Bonchev–Trinajstić information content (AvgIpc) is 3.12. The first-order valence-corrected chi connectivity index (χ1v) is 7.61. The van der Waals surface area contributed by atoms with Crippen LogP contribution in [0.4, 0.5) is 8.78 Å². The summed E-state index contributed by atoms with van der Waals surface area (Å²) in [6, 6.07) is 4.98. The van der Waals surface area contributed by atoms with Crippen molar-refractivity contribution in [2.75, 3.05) is 13.2 Å². The summed E-state index contributed by atoms with van der Waals surface area (Å²) in [7, 11) is 0. The second kappa shape index (κ2) is 7.16. The topological polar surface area (TPSA) is 67.2 Å². The molecule has 0 amide bonds. The molecule has 0 saturated carbocycles. The highest BCUT2D eigenvalue weighted by Gasteiger charge is 2.30. The molecule has 1 aromatic carbocycles. The fourth-order valence-electron chi connectivity index (χ4n) is 2.87. The van der Waals surface area contributed by atoms with Crippen molar-refractivity contribution in [2.24, 2.45) is 5.73 Å². The second-order valence-corrected chi connectivity index (χ2v) is 5.90. The summed E-state index contributed by atoms with van der Waals surface area (Å²) in [4.78, 5) is 2.42. The second-order valence-electron chi connectivity index (χ2n) is 5.90. The fourth-order valence-corrected chi connectivity index (χ4v) is 2.87. The molecule has 2 atom stereocenters. The first-order chi connectivity index (χ1) is 11.1. The molecule has 1 aromatic heterocycles. The lowest BCUT2D eigenvalue weighted by Gasteiger charge is -2.33. The Bertz CT molecular complexity index is 590. The van der Waals surface area contributed by atoms with Gasteiger partial charge in [0.1, 0.15) is 11.6 Å². The number of aromatic amines is 1. The van der Waals surface area contributed by atoms with Crippen LogP contribution in [0.2, 0.25) is 0 Å². The predicted octanol–water partition coefficient (Wildman–Crippen LogP) is 1.81. The summed E-state index contributed by atoms with van der Waals surface area (Å²) >= 11 is 0. The van der Waals surface area contributed by atoms with Gasteiger partial charge < -0.3 is 10.5 Å². The Morgan fingerprint density at radius 2 is 1.83 bits per heavy atom. The molecule has 0 bridgehead atoms. The molecule has 4 rings (SSSR count). The number of rotatable bonds is 1. The minimum absolute atomic E-state index is 0.195. The van der Waals surface area contributed by atoms with Gasteiger partial charge in [-0.25, -0.2) is 8.78 Å². The number of halogens is 2. The number of benzene rings is 1. The summed E-state index contributed by atoms with van der Waals surface area (Å²) < 4.78 is 29.3. The van der Waals surface area contributed by atoms with Crippen molar-refractivity contribution in [1.82, 2.24) is 15.1 Å². The molecule has 2 aromatic rings. The third kappa shape index (κ3) is 4.13. The Labute approximate surface area is 133 Å². The van der Waals surface area contributed by atoms with Gasteiger partial charge in [0.25, 0.3) is 0 Å². The largest absolute Gasteiger partial charge is 0.378 e. The normalized spacial score (nSPS) is 24.0. The van der Waals surface area contributed by atoms with Crippen LogP contribution in [-0.2, 0) is 17.8 Å². The van der Waals surface area contributed by atoms with Crippen LogP contribution in [0.15, 0.2) is 30.5 Å². The zero-order valence-corrected chi connectivity index (χ0v) is 12.7. The molecule has 2 aliphatic rings. The van der Waals surface area contributed by atoms with E-state index in [1.165, 1.54) is 11.3 Å². The fraction of sp³-hybridized carbons (Fsp3) is 0.438. The van der Waals surface area contributed by atoms with Crippen molar-refractivity contribution in [3.8, 4) is 0 Å². The van der Waals surface area contributed by atoms with Gasteiger partial charge in [0.2, 0.25) is 0 Å². The molecule has 1 saturated heterocycles. The van der Waals surface area contributed by atoms with Crippen LogP contribution in [0.3, 0.4) is 0 Å². The van der Waals surface area contributed by atoms with Crippen molar-refractivity contribution in [1.29, 1.82) is 0 Å². The highest BCUT2D eigenvalue weighted by Crippen LogP contribution is 2.25. The smallest absolute Gasteiger partial charge is 0.123 e. The number of fused-ring (bicyclic) bond motifs is 1. The molecule has 0 radical (unpaired) electrons. The maximum absolute atomic E-state index is 11.9. The molecular weight excluding hydrogens is 302 g/mol. The Kier molecular flexibility index (Phi) is 5.00. The number of aromatic nitrogens is 2. The van der Waals surface area contributed by atoms with E-state index in [4.69, 9.17) is 10.5 Å². The molecular formula is C16H20F2N4O. The first-order valence-electron chi connectivity index (χ1n) is 7.61. The average molecular weight is 322 g/mol. The van der Waals surface area contributed by atoms with E-state index < -0.39 is 11.6 Å². The van der Waals surface area contributed by atoms with Gasteiger partial charge in [0.05, 0.1) is 25.1 Å². The van der Waals surface area contributed by atoms with Gasteiger partial charge in [-0.15, -0.1) is 0 Å². The lowest BCUT2D eigenvalue weighted by molar-refractivity contribution is 0.00510. The van der Waals surface area contributed by atoms with Gasteiger partial charge >= 0.3 is 0 Å². The highest BCUT2D eigenvalue weighted by atomic mass is 19.1. The van der Waals surface area contributed by atoms with Crippen LogP contribution >= 0.6 is 0 Å². The summed E-state index contributed by atoms with van der Waals surface area (Å²) in [5.41, 5.74) is 8.46. The Balaban J connectivity index is 0.000000166. The van der Waals surface area contributed by atoms with E-state index in [-0.39, 0.29) is 6.04 Å². The molecule has 3 N–H and O–H groups in total. The maximum Gasteiger partial charge on any atom is 0.123 e. The molecule has 0 aliphatic carbocycles. The molecule has 0 spiro atoms. The number of nitrogens with one attached hydrogen (secondary N) is 1. The van der Waals surface area contributed by atoms with Crippen molar-refractivity contribution in [3.63, 3.8) is 0 Å². The molecule has 5 nitrogen and oxygen atoms in total. The number of nitrogens with zero attached hydrogens (tertiary/aromatic N) is 2. The Morgan fingerprint density at radius 1 is 1.13 bits per heavy atom. The van der Waals surface area contributed by atoms with E-state index in [0.717, 1.165) is 50.4 Å². The van der Waals surface area contributed by atoms with E-state index >= 15 is 0 Å². The van der Waals surface area contributed by atoms with Gasteiger partial charge in [0, 0.05) is 30.7 Å². The van der Waals surface area contributed by atoms with Gasteiger partial charge in [-0.1, -0.05) is 0 Å². The lowest BCUT2D eigenvalue weighted by Crippen LogP contribution is -2.46. The number of ether oxygens (including phenoxy) is 1. The molecule has 1 fully saturated rings. The summed E-state index contributed by atoms with van der Waals surface area (Å²) in [6.45, 7) is 3.45. The number of hydrogen-bond acceptors (Lipinski definition) is 4. The molecule has 2 aliphatic heterocycles. The van der Waals surface area contributed by atoms with Crippen molar-refractivity contribution >= 4 is 0 Å². The van der Waals surface area contributed by atoms with Crippen LogP contribution in [0.5, 0.6) is 0 Å². The lowest BCUT2D eigenvalue weighted by atomic mass is 10.1. The van der Waals surface area contributed by atoms with Gasteiger partial charge in [-0.05, 0) is 30.7 Å². The Morgan fingerprint density at radius 3 is 2.43 bits per heavy atom. The summed E-state index contributed by atoms with van der Waals surface area (Å²) in [5, 5.41) is 7.06. The van der Waals surface area contributed by atoms with Crippen LogP contribution in [0.1, 0.15) is 17.7 Å².